The lowest BCUT2D eigenvalue weighted by Gasteiger charge is -2.48. The molecule has 23 heavy (non-hydrogen) atoms. The van der Waals surface area contributed by atoms with Crippen molar-refractivity contribution in [1.82, 2.24) is 20.0 Å². The van der Waals surface area contributed by atoms with Gasteiger partial charge in [0.2, 0.25) is 0 Å². The fraction of sp³-hybridized carbons (Fsp3) is 0.750. The molecule has 6 nitrogen and oxygen atoms in total. The molecule has 2 saturated heterocycles. The van der Waals surface area contributed by atoms with Crippen LogP contribution in [0.1, 0.15) is 48.6 Å². The Morgan fingerprint density at radius 3 is 2.96 bits per heavy atom. The molecule has 7 heteroatoms. The second-order valence-corrected chi connectivity index (χ2v) is 6.79. The van der Waals surface area contributed by atoms with Gasteiger partial charge in [0, 0.05) is 19.3 Å². The fourth-order valence-corrected chi connectivity index (χ4v) is 3.77. The van der Waals surface area contributed by atoms with E-state index < -0.39 is 0 Å². The maximum absolute atomic E-state index is 12.7. The van der Waals surface area contributed by atoms with Crippen molar-refractivity contribution < 1.29 is 9.53 Å². The number of carbonyl (C=O) groups is 1. The summed E-state index contributed by atoms with van der Waals surface area (Å²) in [6.07, 6.45) is 7.62. The van der Waals surface area contributed by atoms with Crippen molar-refractivity contribution in [2.75, 3.05) is 32.8 Å². The molecule has 0 bridgehead atoms. The molecule has 1 spiro atoms. The molecular weight excluding hydrogens is 316 g/mol. The van der Waals surface area contributed by atoms with Crippen LogP contribution in [0.5, 0.6) is 0 Å². The maximum atomic E-state index is 12.7. The highest BCUT2D eigenvalue weighted by atomic mass is 35.5. The number of piperidine rings is 1. The van der Waals surface area contributed by atoms with Crippen LogP contribution >= 0.6 is 12.4 Å². The number of ether oxygens (including phenoxy) is 1. The van der Waals surface area contributed by atoms with Gasteiger partial charge < -0.3 is 15.0 Å². The van der Waals surface area contributed by atoms with Gasteiger partial charge >= 0.3 is 0 Å². The normalized spacial score (nSPS) is 26.4. The smallest absolute Gasteiger partial charge is 0.274 e. The number of hydrogen-bond donors (Lipinski definition) is 1. The largest absolute Gasteiger partial charge is 0.371 e. The Balaban J connectivity index is 0.00000156. The third-order valence-corrected chi connectivity index (χ3v) is 5.27. The predicted octanol–water partition coefficient (Wildman–Crippen LogP) is 1.62. The molecule has 4 rings (SSSR count). The summed E-state index contributed by atoms with van der Waals surface area (Å²) in [5.41, 5.74) is 0.519. The molecule has 1 atom stereocenters. The van der Waals surface area contributed by atoms with Crippen molar-refractivity contribution in [2.45, 2.75) is 43.7 Å². The standard InChI is InChI=1S/C16H24N4O2.ClH/c21-15(19-9-10-22-16(12-19)5-2-6-16)14-4-8-20(18-14)13-3-1-7-17-11-13;/h4,8,13,17H,1-3,5-7,9-12H2;1H. The number of carbonyl (C=O) groups excluding carboxylic acids is 1. The monoisotopic (exact) mass is 340 g/mol. The first kappa shape index (κ1) is 16.7. The quantitative estimate of drug-likeness (QED) is 0.889. The van der Waals surface area contributed by atoms with E-state index in [2.05, 4.69) is 10.4 Å². The fourth-order valence-electron chi connectivity index (χ4n) is 3.77. The predicted molar refractivity (Wildman–Crippen MR) is 89.1 cm³/mol. The Hall–Kier alpha value is -1.11. The van der Waals surface area contributed by atoms with E-state index in [9.17, 15) is 4.79 Å². The summed E-state index contributed by atoms with van der Waals surface area (Å²) < 4.78 is 7.85. The molecule has 0 radical (unpaired) electrons. The van der Waals surface area contributed by atoms with Gasteiger partial charge in [-0.05, 0) is 44.7 Å². The zero-order valence-corrected chi connectivity index (χ0v) is 14.2. The molecule has 3 fully saturated rings. The maximum Gasteiger partial charge on any atom is 0.274 e. The van der Waals surface area contributed by atoms with Crippen LogP contribution in [0.4, 0.5) is 0 Å². The minimum atomic E-state index is -0.0518. The third kappa shape index (κ3) is 3.25. The first-order valence-electron chi connectivity index (χ1n) is 8.45. The number of halogens is 1. The van der Waals surface area contributed by atoms with Gasteiger partial charge in [-0.1, -0.05) is 0 Å². The van der Waals surface area contributed by atoms with Gasteiger partial charge in [0.1, 0.15) is 5.69 Å². The van der Waals surface area contributed by atoms with E-state index in [-0.39, 0.29) is 23.9 Å². The van der Waals surface area contributed by atoms with Crippen LogP contribution in [-0.2, 0) is 4.74 Å². The number of nitrogens with one attached hydrogen (secondary N) is 1. The SMILES string of the molecule is Cl.O=C(c1ccn(C2CCCNC2)n1)N1CCOC2(CCC2)C1. The summed E-state index contributed by atoms with van der Waals surface area (Å²) in [6, 6.07) is 2.23. The van der Waals surface area contributed by atoms with Gasteiger partial charge in [0.25, 0.3) is 5.91 Å². The second-order valence-electron chi connectivity index (χ2n) is 6.79. The Bertz CT molecular complexity index is 552. The van der Waals surface area contributed by atoms with Crippen molar-refractivity contribution in [1.29, 1.82) is 0 Å². The van der Waals surface area contributed by atoms with Gasteiger partial charge in [0.05, 0.1) is 24.8 Å². The zero-order valence-electron chi connectivity index (χ0n) is 13.4. The lowest BCUT2D eigenvalue weighted by Crippen LogP contribution is -2.57. The molecule has 2 aliphatic heterocycles. The third-order valence-electron chi connectivity index (χ3n) is 5.27. The molecule has 1 saturated carbocycles. The average Bonchev–Trinajstić information content (AvgIpc) is 3.03. The van der Waals surface area contributed by atoms with Gasteiger partial charge in [0.15, 0.2) is 0 Å². The lowest BCUT2D eigenvalue weighted by molar-refractivity contribution is -0.142. The van der Waals surface area contributed by atoms with E-state index in [1.807, 2.05) is 21.8 Å². The summed E-state index contributed by atoms with van der Waals surface area (Å²) in [5, 5.41) is 7.93. The molecule has 3 heterocycles. The zero-order chi connectivity index (χ0) is 15.0. The van der Waals surface area contributed by atoms with Crippen molar-refractivity contribution >= 4 is 18.3 Å². The van der Waals surface area contributed by atoms with E-state index in [0.29, 0.717) is 24.9 Å². The molecule has 1 aromatic heterocycles. The van der Waals surface area contributed by atoms with Crippen molar-refractivity contribution in [3.8, 4) is 0 Å². The molecule has 128 valence electrons. The highest BCUT2D eigenvalue weighted by Gasteiger charge is 2.43. The summed E-state index contributed by atoms with van der Waals surface area (Å²) in [7, 11) is 0. The average molecular weight is 341 g/mol. The van der Waals surface area contributed by atoms with Gasteiger partial charge in [-0.25, -0.2) is 0 Å². The molecule has 1 N–H and O–H groups in total. The summed E-state index contributed by atoms with van der Waals surface area (Å²) in [4.78, 5) is 14.6. The van der Waals surface area contributed by atoms with Crippen LogP contribution < -0.4 is 5.32 Å². The van der Waals surface area contributed by atoms with Crippen molar-refractivity contribution in [3.63, 3.8) is 0 Å². The number of nitrogens with zero attached hydrogens (tertiary/aromatic N) is 3. The van der Waals surface area contributed by atoms with Crippen LogP contribution in [0.25, 0.3) is 0 Å². The Labute approximate surface area is 143 Å². The van der Waals surface area contributed by atoms with Crippen molar-refractivity contribution in [2.24, 2.45) is 0 Å². The molecule has 1 aliphatic carbocycles. The molecule has 3 aliphatic rings. The minimum Gasteiger partial charge on any atom is -0.371 e. The molecule has 1 amide bonds. The van der Waals surface area contributed by atoms with Gasteiger partial charge in [-0.3, -0.25) is 9.48 Å². The second kappa shape index (κ2) is 6.79. The van der Waals surface area contributed by atoms with E-state index >= 15 is 0 Å². The van der Waals surface area contributed by atoms with Crippen LogP contribution in [0.2, 0.25) is 0 Å². The highest BCUT2D eigenvalue weighted by molar-refractivity contribution is 5.92. The Kier molecular flexibility index (Phi) is 4.94. The molecule has 1 unspecified atom stereocenters. The van der Waals surface area contributed by atoms with Crippen LogP contribution in [0, 0.1) is 0 Å². The summed E-state index contributed by atoms with van der Waals surface area (Å²) >= 11 is 0. The number of amides is 1. The van der Waals surface area contributed by atoms with E-state index in [1.54, 1.807) is 0 Å². The molecule has 1 aromatic rings. The summed E-state index contributed by atoms with van der Waals surface area (Å²) in [5.74, 6) is 0.0529. The molecular formula is C16H25ClN4O2. The number of hydrogen-bond acceptors (Lipinski definition) is 4. The number of morpholine rings is 1. The highest BCUT2D eigenvalue weighted by Crippen LogP contribution is 2.38. The van der Waals surface area contributed by atoms with Gasteiger partial charge in [-0.15, -0.1) is 12.4 Å². The van der Waals surface area contributed by atoms with Crippen LogP contribution in [0.3, 0.4) is 0 Å². The lowest BCUT2D eigenvalue weighted by atomic mass is 9.79. The number of rotatable bonds is 2. The van der Waals surface area contributed by atoms with Crippen LogP contribution in [-0.4, -0.2) is 59.0 Å². The topological polar surface area (TPSA) is 59.4 Å². The van der Waals surface area contributed by atoms with E-state index in [4.69, 9.17) is 4.74 Å². The first-order valence-corrected chi connectivity index (χ1v) is 8.45. The Morgan fingerprint density at radius 2 is 2.26 bits per heavy atom. The first-order chi connectivity index (χ1) is 10.8. The van der Waals surface area contributed by atoms with E-state index in [1.165, 1.54) is 12.8 Å². The van der Waals surface area contributed by atoms with Crippen LogP contribution in [0.15, 0.2) is 12.3 Å². The summed E-state index contributed by atoms with van der Waals surface area (Å²) in [6.45, 7) is 4.08. The number of aromatic nitrogens is 2. The van der Waals surface area contributed by atoms with E-state index in [0.717, 1.165) is 38.9 Å². The Morgan fingerprint density at radius 1 is 1.39 bits per heavy atom. The minimum absolute atomic E-state index is 0. The molecule has 0 aromatic carbocycles. The van der Waals surface area contributed by atoms with Crippen molar-refractivity contribution in [3.05, 3.63) is 18.0 Å². The van der Waals surface area contributed by atoms with Gasteiger partial charge in [-0.2, -0.15) is 5.10 Å².